The first-order chi connectivity index (χ1) is 17.9. The molecule has 0 radical (unpaired) electrons. The van der Waals surface area contributed by atoms with E-state index in [0.29, 0.717) is 16.9 Å². The maximum Gasteiger partial charge on any atom is 0.504 e. The van der Waals surface area contributed by atoms with E-state index < -0.39 is 35.1 Å². The van der Waals surface area contributed by atoms with Crippen molar-refractivity contribution in [3.05, 3.63) is 83.4 Å². The molecule has 0 unspecified atom stereocenters. The molecule has 0 atom stereocenters. The maximum atomic E-state index is 13.6. The quantitative estimate of drug-likeness (QED) is 0.296. The minimum absolute atomic E-state index is 0.00363. The summed E-state index contributed by atoms with van der Waals surface area (Å²) in [5.74, 6) is -0.569. The Hall–Kier alpha value is -4.03. The van der Waals surface area contributed by atoms with Crippen molar-refractivity contribution in [1.82, 2.24) is 10.4 Å². The van der Waals surface area contributed by atoms with Crippen molar-refractivity contribution in [1.29, 1.82) is 0 Å². The molecule has 0 heterocycles. The van der Waals surface area contributed by atoms with Gasteiger partial charge in [0, 0.05) is 16.7 Å². The number of amides is 2. The Kier molecular flexibility index (Phi) is 8.69. The number of ether oxygens (including phenoxy) is 1. The molecule has 0 bridgehead atoms. The van der Waals surface area contributed by atoms with Crippen molar-refractivity contribution in [2.45, 2.75) is 38.1 Å². The normalized spacial score (nSPS) is 11.3. The van der Waals surface area contributed by atoms with Crippen LogP contribution in [0.4, 0.5) is 5.69 Å². The largest absolute Gasteiger partial charge is 0.537 e. The van der Waals surface area contributed by atoms with Gasteiger partial charge >= 0.3 is 7.69 Å². The summed E-state index contributed by atoms with van der Waals surface area (Å²) in [4.78, 5) is 26.8. The maximum absolute atomic E-state index is 13.6. The number of nitrogens with zero attached hydrogens (tertiary/aromatic N) is 1. The number of carbonyl (C=O) groups excluding carboxylic acids is 2. The summed E-state index contributed by atoms with van der Waals surface area (Å²) in [5.41, 5.74) is 2.77. The van der Waals surface area contributed by atoms with Gasteiger partial charge in [0.05, 0.1) is 23.2 Å². The van der Waals surface area contributed by atoms with Crippen LogP contribution in [0.25, 0.3) is 0 Å². The van der Waals surface area contributed by atoms with Gasteiger partial charge in [-0.15, -0.1) is 0 Å². The van der Waals surface area contributed by atoms with E-state index in [0.717, 1.165) is 0 Å². The lowest BCUT2D eigenvalue weighted by atomic mass is 10.0. The van der Waals surface area contributed by atoms with Gasteiger partial charge in [-0.2, -0.15) is 0 Å². The Morgan fingerprint density at radius 1 is 0.974 bits per heavy atom. The molecule has 38 heavy (non-hydrogen) atoms. The fraction of sp³-hybridized carbons (Fsp3) is 0.231. The van der Waals surface area contributed by atoms with Crippen LogP contribution in [-0.4, -0.2) is 50.6 Å². The summed E-state index contributed by atoms with van der Waals surface area (Å²) in [6.07, 6.45) is 0. The second-order valence-electron chi connectivity index (χ2n) is 9.29. The Labute approximate surface area is 222 Å². The molecule has 3 aromatic rings. The molecule has 3 rings (SSSR count). The lowest BCUT2D eigenvalue weighted by molar-refractivity contribution is 0.0358. The highest BCUT2D eigenvalue weighted by Crippen LogP contribution is 2.30. The van der Waals surface area contributed by atoms with Crippen LogP contribution in [0.2, 0.25) is 0 Å². The molecule has 200 valence electrons. The minimum atomic E-state index is -4.03. The number of sulfonamides is 1. The zero-order valence-corrected chi connectivity index (χ0v) is 22.6. The second-order valence-corrected chi connectivity index (χ2v) is 11.0. The van der Waals surface area contributed by atoms with Crippen LogP contribution >= 0.6 is 0 Å². The van der Waals surface area contributed by atoms with Crippen molar-refractivity contribution >= 4 is 35.2 Å². The molecule has 3 N–H and O–H groups in total. The van der Waals surface area contributed by atoms with E-state index in [1.54, 1.807) is 64.1 Å². The van der Waals surface area contributed by atoms with Crippen LogP contribution in [0.1, 0.15) is 47.1 Å². The van der Waals surface area contributed by atoms with Gasteiger partial charge in [-0.3, -0.25) is 19.7 Å². The van der Waals surface area contributed by atoms with Gasteiger partial charge in [0.15, 0.2) is 0 Å². The predicted octanol–water partition coefficient (Wildman–Crippen LogP) is 3.03. The molecule has 0 aliphatic heterocycles. The van der Waals surface area contributed by atoms with E-state index in [-0.39, 0.29) is 21.9 Å². The highest BCUT2D eigenvalue weighted by molar-refractivity contribution is 7.92. The SMILES string of the molecule is COc1cccc(C(=O)NN(C(=O)c2ccc(OBO)c(NS(=O)(=O)c3ccccc3)c2)C(C)(C)C)c1C. The number of benzene rings is 3. The monoisotopic (exact) mass is 539 g/mol. The van der Waals surface area contributed by atoms with E-state index in [2.05, 4.69) is 10.1 Å². The summed E-state index contributed by atoms with van der Waals surface area (Å²) in [5, 5.41) is 10.4. The average Bonchev–Trinajstić information content (AvgIpc) is 2.87. The highest BCUT2D eigenvalue weighted by Gasteiger charge is 2.31. The van der Waals surface area contributed by atoms with Crippen molar-refractivity contribution < 1.29 is 32.4 Å². The van der Waals surface area contributed by atoms with Gasteiger partial charge in [0.25, 0.3) is 21.8 Å². The molecule has 0 saturated carbocycles. The van der Waals surface area contributed by atoms with Crippen molar-refractivity contribution in [3.8, 4) is 11.5 Å². The molecule has 12 heteroatoms. The first-order valence-corrected chi connectivity index (χ1v) is 13.1. The number of anilines is 1. The first-order valence-electron chi connectivity index (χ1n) is 11.6. The van der Waals surface area contributed by atoms with Crippen molar-refractivity contribution in [3.63, 3.8) is 0 Å². The number of rotatable bonds is 8. The molecule has 3 aromatic carbocycles. The van der Waals surface area contributed by atoms with Crippen LogP contribution in [-0.2, 0) is 10.0 Å². The topological polar surface area (TPSA) is 134 Å². The summed E-state index contributed by atoms with van der Waals surface area (Å²) < 4.78 is 38.7. The molecule has 0 aliphatic rings. The number of methoxy groups -OCH3 is 1. The van der Waals surface area contributed by atoms with Gasteiger partial charge in [-0.25, -0.2) is 13.4 Å². The molecule has 10 nitrogen and oxygen atoms in total. The average molecular weight is 539 g/mol. The smallest absolute Gasteiger partial charge is 0.504 e. The summed E-state index contributed by atoms with van der Waals surface area (Å²) in [6.45, 7) is 6.96. The summed E-state index contributed by atoms with van der Waals surface area (Å²) in [7, 11) is -3.24. The van der Waals surface area contributed by atoms with E-state index in [1.165, 1.54) is 42.5 Å². The third-order valence-corrected chi connectivity index (χ3v) is 6.96. The number of nitrogens with one attached hydrogen (secondary N) is 2. The Morgan fingerprint density at radius 2 is 1.66 bits per heavy atom. The molecule has 0 spiro atoms. The van der Waals surface area contributed by atoms with E-state index in [1.807, 2.05) is 0 Å². The number of hydrogen-bond donors (Lipinski definition) is 3. The fourth-order valence-corrected chi connectivity index (χ4v) is 4.72. The number of hydrazine groups is 1. The zero-order chi connectivity index (χ0) is 28.1. The van der Waals surface area contributed by atoms with E-state index >= 15 is 0 Å². The summed E-state index contributed by atoms with van der Waals surface area (Å²) in [6, 6.07) is 16.8. The van der Waals surface area contributed by atoms with Crippen LogP contribution in [0, 0.1) is 6.92 Å². The van der Waals surface area contributed by atoms with Gasteiger partial charge in [0.2, 0.25) is 0 Å². The molecule has 0 aromatic heterocycles. The Morgan fingerprint density at radius 3 is 2.26 bits per heavy atom. The van der Waals surface area contributed by atoms with Gasteiger partial charge in [0.1, 0.15) is 11.5 Å². The molecule has 0 fully saturated rings. The van der Waals surface area contributed by atoms with Crippen molar-refractivity contribution in [2.24, 2.45) is 0 Å². The lowest BCUT2D eigenvalue weighted by Gasteiger charge is -2.35. The summed E-state index contributed by atoms with van der Waals surface area (Å²) >= 11 is 0. The Bertz CT molecular complexity index is 1420. The highest BCUT2D eigenvalue weighted by atomic mass is 32.2. The second kappa shape index (κ2) is 11.6. The van der Waals surface area contributed by atoms with E-state index in [4.69, 9.17) is 9.39 Å². The molecule has 2 amide bonds. The van der Waals surface area contributed by atoms with Gasteiger partial charge < -0.3 is 14.4 Å². The Balaban J connectivity index is 1.98. The van der Waals surface area contributed by atoms with Crippen LogP contribution in [0.15, 0.2) is 71.6 Å². The first kappa shape index (κ1) is 28.5. The minimum Gasteiger partial charge on any atom is -0.537 e. The number of hydrogen-bond acceptors (Lipinski definition) is 7. The molecule has 0 aliphatic carbocycles. The predicted molar refractivity (Wildman–Crippen MR) is 145 cm³/mol. The van der Waals surface area contributed by atoms with Crippen LogP contribution in [0.5, 0.6) is 11.5 Å². The standard InChI is InChI=1S/C26H30BN3O7S/c1-17-20(12-9-13-22(17)36-5)24(31)28-30(26(2,3)4)25(32)18-14-15-23(37-27-33)21(16-18)29-38(34,35)19-10-7-6-8-11-19/h6-16,27,29,33H,1-5H3,(H,28,31). The third kappa shape index (κ3) is 6.45. The number of carbonyl (C=O) groups is 2. The van der Waals surface area contributed by atoms with Crippen molar-refractivity contribution in [2.75, 3.05) is 11.8 Å². The molecular formula is C26H30BN3O7S. The molecule has 0 saturated heterocycles. The van der Waals surface area contributed by atoms with E-state index in [9.17, 15) is 23.0 Å². The third-order valence-electron chi connectivity index (χ3n) is 5.58. The van der Waals surface area contributed by atoms with Crippen LogP contribution in [0.3, 0.4) is 0 Å². The van der Waals surface area contributed by atoms with Crippen LogP contribution < -0.4 is 19.5 Å². The van der Waals surface area contributed by atoms with Gasteiger partial charge in [-0.1, -0.05) is 24.3 Å². The fourth-order valence-electron chi connectivity index (χ4n) is 3.64. The lowest BCUT2D eigenvalue weighted by Crippen LogP contribution is -2.56. The molecular weight excluding hydrogens is 509 g/mol. The zero-order valence-electron chi connectivity index (χ0n) is 21.8. The van der Waals surface area contributed by atoms with Gasteiger partial charge in [-0.05, 0) is 70.2 Å².